The number of aryl methyl sites for hydroxylation is 2. The molecule has 0 radical (unpaired) electrons. The summed E-state index contributed by atoms with van der Waals surface area (Å²) in [5.74, 6) is 0.884. The Hall–Kier alpha value is -2.25. The number of carbonyl (C=O) groups is 1. The first kappa shape index (κ1) is 15.6. The van der Waals surface area contributed by atoms with Crippen molar-refractivity contribution in [2.75, 3.05) is 5.32 Å². The Morgan fingerprint density at radius 2 is 2.30 bits per heavy atom. The largest absolute Gasteiger partial charge is 0.309 e. The first-order valence-corrected chi connectivity index (χ1v) is 8.25. The monoisotopic (exact) mass is 347 g/mol. The number of carbonyl (C=O) groups excluding carboxylic acids is 1. The Morgan fingerprint density at radius 1 is 1.43 bits per heavy atom. The van der Waals surface area contributed by atoms with E-state index in [0.29, 0.717) is 29.5 Å². The minimum absolute atomic E-state index is 0.102. The van der Waals surface area contributed by atoms with E-state index < -0.39 is 0 Å². The molecule has 0 spiro atoms. The van der Waals surface area contributed by atoms with E-state index in [9.17, 15) is 4.79 Å². The van der Waals surface area contributed by atoms with Crippen LogP contribution in [0.15, 0.2) is 36.0 Å². The van der Waals surface area contributed by atoms with E-state index in [2.05, 4.69) is 20.4 Å². The Bertz CT molecular complexity index is 829. The summed E-state index contributed by atoms with van der Waals surface area (Å²) in [6, 6.07) is 5.19. The van der Waals surface area contributed by atoms with Gasteiger partial charge in [0.05, 0.1) is 10.0 Å². The van der Waals surface area contributed by atoms with E-state index in [4.69, 9.17) is 11.6 Å². The highest BCUT2D eigenvalue weighted by molar-refractivity contribution is 7.09. The molecule has 0 fully saturated rings. The summed E-state index contributed by atoms with van der Waals surface area (Å²) in [6.07, 6.45) is 4.33. The molecule has 0 aromatic carbocycles. The second-order valence-corrected chi connectivity index (χ2v) is 6.24. The number of rotatable bonds is 5. The van der Waals surface area contributed by atoms with Crippen LogP contribution in [0.5, 0.6) is 0 Å². The Morgan fingerprint density at radius 3 is 3.04 bits per heavy atom. The number of nitrogens with one attached hydrogen (secondary N) is 1. The lowest BCUT2D eigenvalue weighted by Crippen LogP contribution is -2.13. The molecular weight excluding hydrogens is 334 g/mol. The van der Waals surface area contributed by atoms with Crippen LogP contribution in [-0.2, 0) is 11.2 Å². The van der Waals surface area contributed by atoms with Crippen molar-refractivity contribution in [3.05, 3.63) is 51.7 Å². The highest BCUT2D eigenvalue weighted by Gasteiger charge is 2.09. The zero-order valence-corrected chi connectivity index (χ0v) is 13.9. The van der Waals surface area contributed by atoms with E-state index in [0.717, 1.165) is 10.7 Å². The number of thiazole rings is 1. The normalized spacial score (nSPS) is 10.7. The maximum Gasteiger partial charge on any atom is 0.225 e. The Labute approximate surface area is 142 Å². The van der Waals surface area contributed by atoms with Crippen molar-refractivity contribution < 1.29 is 4.79 Å². The van der Waals surface area contributed by atoms with E-state index >= 15 is 0 Å². The van der Waals surface area contributed by atoms with Gasteiger partial charge in [-0.15, -0.1) is 16.4 Å². The highest BCUT2D eigenvalue weighted by atomic mass is 35.5. The van der Waals surface area contributed by atoms with Crippen LogP contribution in [0.25, 0.3) is 5.82 Å². The molecule has 23 heavy (non-hydrogen) atoms. The van der Waals surface area contributed by atoms with Gasteiger partial charge in [-0.25, -0.2) is 14.6 Å². The lowest BCUT2D eigenvalue weighted by Gasteiger charge is -2.03. The molecule has 118 valence electrons. The summed E-state index contributed by atoms with van der Waals surface area (Å²) >= 11 is 7.64. The van der Waals surface area contributed by atoms with Gasteiger partial charge < -0.3 is 5.32 Å². The molecule has 0 atom stereocenters. The van der Waals surface area contributed by atoms with Gasteiger partial charge in [0.25, 0.3) is 0 Å². The third-order valence-corrected chi connectivity index (χ3v) is 4.37. The van der Waals surface area contributed by atoms with Gasteiger partial charge in [0, 0.05) is 42.4 Å². The highest BCUT2D eigenvalue weighted by Crippen LogP contribution is 2.17. The van der Waals surface area contributed by atoms with Gasteiger partial charge in [-0.2, -0.15) is 0 Å². The zero-order valence-electron chi connectivity index (χ0n) is 12.4. The number of halogens is 1. The SMILES string of the molecule is Cc1csc(CCC(=O)Nc2ccn(-c3ncccc3Cl)n2)n1. The quantitative estimate of drug-likeness (QED) is 0.768. The number of anilines is 1. The molecule has 0 saturated carbocycles. The second-order valence-electron chi connectivity index (χ2n) is 4.89. The lowest BCUT2D eigenvalue weighted by molar-refractivity contribution is -0.116. The minimum Gasteiger partial charge on any atom is -0.309 e. The molecular formula is C15H14ClN5OS. The number of pyridine rings is 1. The number of hydrogen-bond acceptors (Lipinski definition) is 5. The summed E-state index contributed by atoms with van der Waals surface area (Å²) < 4.78 is 1.53. The van der Waals surface area contributed by atoms with Crippen molar-refractivity contribution in [3.63, 3.8) is 0 Å². The van der Waals surface area contributed by atoms with Gasteiger partial charge in [-0.05, 0) is 19.1 Å². The number of nitrogens with zero attached hydrogens (tertiary/aromatic N) is 4. The summed E-state index contributed by atoms with van der Waals surface area (Å²) in [4.78, 5) is 20.5. The molecule has 6 nitrogen and oxygen atoms in total. The standard InChI is InChI=1S/C15H14ClN5OS/c1-10-9-23-14(18-10)5-4-13(22)19-12-6-8-21(20-12)15-11(16)3-2-7-17-15/h2-3,6-9H,4-5H2,1H3,(H,19,20,22). The van der Waals surface area contributed by atoms with Crippen LogP contribution in [0.3, 0.4) is 0 Å². The predicted molar refractivity (Wildman–Crippen MR) is 90.2 cm³/mol. The summed E-state index contributed by atoms with van der Waals surface area (Å²) in [5, 5.41) is 10.5. The van der Waals surface area contributed by atoms with Gasteiger partial charge in [0.1, 0.15) is 0 Å². The van der Waals surface area contributed by atoms with Crippen molar-refractivity contribution in [2.45, 2.75) is 19.8 Å². The van der Waals surface area contributed by atoms with E-state index in [1.165, 1.54) is 4.68 Å². The van der Waals surface area contributed by atoms with E-state index in [-0.39, 0.29) is 5.91 Å². The molecule has 1 N–H and O–H groups in total. The van der Waals surface area contributed by atoms with E-state index in [1.54, 1.807) is 41.9 Å². The molecule has 3 aromatic heterocycles. The van der Waals surface area contributed by atoms with Gasteiger partial charge in [-0.3, -0.25) is 4.79 Å². The molecule has 3 rings (SSSR count). The first-order chi connectivity index (χ1) is 11.1. The molecule has 0 aliphatic carbocycles. The molecule has 8 heteroatoms. The van der Waals surface area contributed by atoms with Crippen molar-refractivity contribution in [1.82, 2.24) is 19.7 Å². The maximum atomic E-state index is 12.0. The second kappa shape index (κ2) is 6.89. The van der Waals surface area contributed by atoms with Gasteiger partial charge in [0.15, 0.2) is 11.6 Å². The molecule has 0 saturated heterocycles. The van der Waals surface area contributed by atoms with Crippen molar-refractivity contribution in [3.8, 4) is 5.82 Å². The molecule has 0 bridgehead atoms. The summed E-state index contributed by atoms with van der Waals surface area (Å²) in [7, 11) is 0. The first-order valence-electron chi connectivity index (χ1n) is 6.99. The fraction of sp³-hybridized carbons (Fsp3) is 0.200. The molecule has 3 aromatic rings. The molecule has 0 unspecified atom stereocenters. The van der Waals surface area contributed by atoms with Crippen LogP contribution in [0.4, 0.5) is 5.82 Å². The van der Waals surface area contributed by atoms with Gasteiger partial charge in [0.2, 0.25) is 5.91 Å². The summed E-state index contributed by atoms with van der Waals surface area (Å²) in [6.45, 7) is 1.94. The number of amides is 1. The Balaban J connectivity index is 1.60. The Kier molecular flexibility index (Phi) is 4.68. The maximum absolute atomic E-state index is 12.0. The third kappa shape index (κ3) is 3.94. The molecule has 1 amide bonds. The van der Waals surface area contributed by atoms with Crippen LogP contribution < -0.4 is 5.32 Å². The zero-order chi connectivity index (χ0) is 16.2. The van der Waals surface area contributed by atoms with Crippen LogP contribution in [0.2, 0.25) is 5.02 Å². The van der Waals surface area contributed by atoms with Crippen LogP contribution in [0, 0.1) is 6.92 Å². The van der Waals surface area contributed by atoms with Crippen molar-refractivity contribution in [2.24, 2.45) is 0 Å². The average molecular weight is 348 g/mol. The minimum atomic E-state index is -0.102. The van der Waals surface area contributed by atoms with Crippen LogP contribution in [-0.4, -0.2) is 25.7 Å². The fourth-order valence-electron chi connectivity index (χ4n) is 2.00. The van der Waals surface area contributed by atoms with Gasteiger partial charge in [-0.1, -0.05) is 11.6 Å². The smallest absolute Gasteiger partial charge is 0.225 e. The van der Waals surface area contributed by atoms with Crippen LogP contribution in [0.1, 0.15) is 17.1 Å². The molecule has 3 heterocycles. The van der Waals surface area contributed by atoms with E-state index in [1.807, 2.05) is 12.3 Å². The predicted octanol–water partition coefficient (Wildman–Crippen LogP) is 3.26. The fourth-order valence-corrected chi connectivity index (χ4v) is 2.98. The third-order valence-electron chi connectivity index (χ3n) is 3.05. The topological polar surface area (TPSA) is 72.7 Å². The average Bonchev–Trinajstić information content (AvgIpc) is 3.15. The number of aromatic nitrogens is 4. The summed E-state index contributed by atoms with van der Waals surface area (Å²) in [5.41, 5.74) is 0.983. The van der Waals surface area contributed by atoms with Gasteiger partial charge >= 0.3 is 0 Å². The van der Waals surface area contributed by atoms with Crippen LogP contribution >= 0.6 is 22.9 Å². The van der Waals surface area contributed by atoms with Crippen molar-refractivity contribution in [1.29, 1.82) is 0 Å². The molecule has 0 aliphatic heterocycles. The lowest BCUT2D eigenvalue weighted by atomic mass is 10.3. The number of hydrogen-bond donors (Lipinski definition) is 1. The van der Waals surface area contributed by atoms with Crippen molar-refractivity contribution >= 4 is 34.7 Å². The molecule has 0 aliphatic rings.